The Balaban J connectivity index is 1.91. The lowest BCUT2D eigenvalue weighted by atomic mass is 9.94. The van der Waals surface area contributed by atoms with Crippen LogP contribution in [0.1, 0.15) is 23.2 Å². The van der Waals surface area contributed by atoms with Crippen molar-refractivity contribution >= 4 is 11.6 Å². The van der Waals surface area contributed by atoms with E-state index in [-0.39, 0.29) is 5.56 Å². The first-order valence-corrected chi connectivity index (χ1v) is 6.73. The molecule has 2 saturated heterocycles. The zero-order valence-corrected chi connectivity index (χ0v) is 10.7. The minimum Gasteiger partial charge on any atom is -0.369 e. The van der Waals surface area contributed by atoms with E-state index in [0.29, 0.717) is 17.6 Å². The number of amides is 1. The smallest absolute Gasteiger partial charge is 0.253 e. The van der Waals surface area contributed by atoms with Crippen LogP contribution in [0.15, 0.2) is 18.2 Å². The third-order valence-electron chi connectivity index (χ3n) is 4.18. The van der Waals surface area contributed by atoms with Crippen LogP contribution in [-0.4, -0.2) is 31.6 Å². The molecule has 19 heavy (non-hydrogen) atoms. The molecule has 2 fully saturated rings. The topological polar surface area (TPSA) is 58.4 Å². The van der Waals surface area contributed by atoms with Gasteiger partial charge in [-0.1, -0.05) is 6.07 Å². The first kappa shape index (κ1) is 12.4. The van der Waals surface area contributed by atoms with Gasteiger partial charge in [0.15, 0.2) is 0 Å². The van der Waals surface area contributed by atoms with E-state index in [4.69, 9.17) is 5.73 Å². The van der Waals surface area contributed by atoms with Gasteiger partial charge in [-0.3, -0.25) is 4.79 Å². The highest BCUT2D eigenvalue weighted by molar-refractivity contribution is 5.99. The predicted molar refractivity (Wildman–Crippen MR) is 71.6 cm³/mol. The van der Waals surface area contributed by atoms with E-state index in [1.165, 1.54) is 18.9 Å². The van der Waals surface area contributed by atoms with Crippen LogP contribution in [-0.2, 0) is 0 Å². The third-order valence-corrected chi connectivity index (χ3v) is 4.18. The van der Waals surface area contributed by atoms with Crippen molar-refractivity contribution in [1.29, 1.82) is 0 Å². The van der Waals surface area contributed by atoms with Crippen LogP contribution in [0.4, 0.5) is 10.1 Å². The average molecular weight is 263 g/mol. The van der Waals surface area contributed by atoms with Crippen LogP contribution < -0.4 is 16.0 Å². The molecular formula is C14H18FN3O. The largest absolute Gasteiger partial charge is 0.369 e. The first-order chi connectivity index (χ1) is 9.16. The van der Waals surface area contributed by atoms with Crippen molar-refractivity contribution in [2.45, 2.75) is 18.9 Å². The summed E-state index contributed by atoms with van der Waals surface area (Å²) in [6.07, 6.45) is 2.37. The number of benzene rings is 1. The molecule has 0 aromatic heterocycles. The molecule has 2 aliphatic heterocycles. The van der Waals surface area contributed by atoms with E-state index < -0.39 is 11.7 Å². The zero-order chi connectivity index (χ0) is 13.4. The lowest BCUT2D eigenvalue weighted by Gasteiger charge is -2.24. The SMILES string of the molecule is NC(=O)c1c(F)cccc1N1CC2CCCNC2C1. The van der Waals surface area contributed by atoms with Crippen LogP contribution in [0.2, 0.25) is 0 Å². The minimum atomic E-state index is -0.698. The van der Waals surface area contributed by atoms with E-state index >= 15 is 0 Å². The van der Waals surface area contributed by atoms with Crippen molar-refractivity contribution in [3.63, 3.8) is 0 Å². The summed E-state index contributed by atoms with van der Waals surface area (Å²) in [5.74, 6) is -0.651. The van der Waals surface area contributed by atoms with Gasteiger partial charge in [-0.15, -0.1) is 0 Å². The summed E-state index contributed by atoms with van der Waals surface area (Å²) >= 11 is 0. The number of fused-ring (bicyclic) bond motifs is 1. The van der Waals surface area contributed by atoms with Gasteiger partial charge in [0.2, 0.25) is 0 Å². The molecule has 2 aliphatic rings. The number of carbonyl (C=O) groups is 1. The molecule has 1 aromatic carbocycles. The Hall–Kier alpha value is -1.62. The van der Waals surface area contributed by atoms with Gasteiger partial charge in [-0.05, 0) is 37.4 Å². The molecule has 2 heterocycles. The summed E-state index contributed by atoms with van der Waals surface area (Å²) in [5.41, 5.74) is 5.95. The molecule has 5 heteroatoms. The highest BCUT2D eigenvalue weighted by atomic mass is 19.1. The van der Waals surface area contributed by atoms with Crippen LogP contribution >= 0.6 is 0 Å². The highest BCUT2D eigenvalue weighted by Crippen LogP contribution is 2.31. The number of nitrogens with two attached hydrogens (primary N) is 1. The number of hydrogen-bond donors (Lipinski definition) is 2. The number of anilines is 1. The Morgan fingerprint density at radius 1 is 1.42 bits per heavy atom. The van der Waals surface area contributed by atoms with E-state index in [1.807, 2.05) is 0 Å². The monoisotopic (exact) mass is 263 g/mol. The molecule has 1 aromatic rings. The van der Waals surface area contributed by atoms with Crippen molar-refractivity contribution in [2.24, 2.45) is 11.7 Å². The van der Waals surface area contributed by atoms with Crippen molar-refractivity contribution < 1.29 is 9.18 Å². The molecule has 4 nitrogen and oxygen atoms in total. The van der Waals surface area contributed by atoms with Gasteiger partial charge in [0, 0.05) is 19.1 Å². The van der Waals surface area contributed by atoms with E-state index in [0.717, 1.165) is 19.6 Å². The Labute approximate surface area is 111 Å². The summed E-state index contributed by atoms with van der Waals surface area (Å²) < 4.78 is 13.8. The summed E-state index contributed by atoms with van der Waals surface area (Å²) in [7, 11) is 0. The maximum absolute atomic E-state index is 13.8. The van der Waals surface area contributed by atoms with Crippen LogP contribution in [0, 0.1) is 11.7 Å². The molecule has 2 atom stereocenters. The minimum absolute atomic E-state index is 0.0150. The molecule has 0 saturated carbocycles. The molecule has 102 valence electrons. The van der Waals surface area contributed by atoms with Gasteiger partial charge < -0.3 is 16.0 Å². The molecule has 1 amide bonds. The quantitative estimate of drug-likeness (QED) is 0.840. The molecule has 3 N–H and O–H groups in total. The van der Waals surface area contributed by atoms with E-state index in [9.17, 15) is 9.18 Å². The number of carbonyl (C=O) groups excluding carboxylic acids is 1. The summed E-state index contributed by atoms with van der Waals surface area (Å²) in [6.45, 7) is 2.72. The van der Waals surface area contributed by atoms with Gasteiger partial charge in [-0.2, -0.15) is 0 Å². The fraction of sp³-hybridized carbons (Fsp3) is 0.500. The number of nitrogens with one attached hydrogen (secondary N) is 1. The Morgan fingerprint density at radius 2 is 2.26 bits per heavy atom. The second-order valence-corrected chi connectivity index (χ2v) is 5.37. The van der Waals surface area contributed by atoms with Crippen molar-refractivity contribution in [2.75, 3.05) is 24.5 Å². The highest BCUT2D eigenvalue weighted by Gasteiger charge is 2.35. The van der Waals surface area contributed by atoms with Gasteiger partial charge in [0.1, 0.15) is 5.82 Å². The number of halogens is 1. The Kier molecular flexibility index (Phi) is 3.14. The second kappa shape index (κ2) is 4.81. The third kappa shape index (κ3) is 2.18. The normalized spacial score (nSPS) is 26.3. The van der Waals surface area contributed by atoms with Gasteiger partial charge in [0.25, 0.3) is 5.91 Å². The lowest BCUT2D eigenvalue weighted by Crippen LogP contribution is -2.40. The Morgan fingerprint density at radius 3 is 3.00 bits per heavy atom. The zero-order valence-electron chi connectivity index (χ0n) is 10.7. The summed E-state index contributed by atoms with van der Waals surface area (Å²) in [4.78, 5) is 13.5. The maximum atomic E-state index is 13.8. The lowest BCUT2D eigenvalue weighted by molar-refractivity contribution is 0.0997. The standard InChI is InChI=1S/C14H18FN3O/c15-10-4-1-5-12(13(10)14(16)19)18-7-9-3-2-6-17-11(9)8-18/h1,4-5,9,11,17H,2-3,6-8H2,(H2,16,19). The fourth-order valence-electron chi connectivity index (χ4n) is 3.26. The molecule has 3 rings (SSSR count). The maximum Gasteiger partial charge on any atom is 0.253 e. The first-order valence-electron chi connectivity index (χ1n) is 6.73. The van der Waals surface area contributed by atoms with Crippen molar-refractivity contribution in [3.05, 3.63) is 29.6 Å². The second-order valence-electron chi connectivity index (χ2n) is 5.37. The van der Waals surface area contributed by atoms with Crippen LogP contribution in [0.5, 0.6) is 0 Å². The molecule has 0 spiro atoms. The summed E-state index contributed by atoms with van der Waals surface area (Å²) in [6, 6.07) is 5.13. The molecule has 0 radical (unpaired) electrons. The van der Waals surface area contributed by atoms with Crippen LogP contribution in [0.3, 0.4) is 0 Å². The van der Waals surface area contributed by atoms with E-state index in [1.54, 1.807) is 12.1 Å². The van der Waals surface area contributed by atoms with Crippen LogP contribution in [0.25, 0.3) is 0 Å². The Bertz CT molecular complexity index is 491. The molecule has 2 unspecified atom stereocenters. The predicted octanol–water partition coefficient (Wildman–Crippen LogP) is 1.11. The fourth-order valence-corrected chi connectivity index (χ4v) is 3.26. The van der Waals surface area contributed by atoms with Crippen molar-refractivity contribution in [3.8, 4) is 0 Å². The van der Waals surface area contributed by atoms with E-state index in [2.05, 4.69) is 10.2 Å². The number of primary amides is 1. The summed E-state index contributed by atoms with van der Waals surface area (Å²) in [5, 5.41) is 3.49. The number of piperidine rings is 1. The molecule has 0 aliphatic carbocycles. The number of rotatable bonds is 2. The van der Waals surface area contributed by atoms with Gasteiger partial charge in [0.05, 0.1) is 11.3 Å². The average Bonchev–Trinajstić information content (AvgIpc) is 2.81. The number of hydrogen-bond acceptors (Lipinski definition) is 3. The molecule has 0 bridgehead atoms. The van der Waals surface area contributed by atoms with Gasteiger partial charge >= 0.3 is 0 Å². The van der Waals surface area contributed by atoms with Gasteiger partial charge in [-0.25, -0.2) is 4.39 Å². The molecular weight excluding hydrogens is 245 g/mol. The number of nitrogens with zero attached hydrogens (tertiary/aromatic N) is 1. The van der Waals surface area contributed by atoms with Crippen molar-refractivity contribution in [1.82, 2.24) is 5.32 Å².